The molecular formula is C21H43NO4. The van der Waals surface area contributed by atoms with E-state index in [4.69, 9.17) is 15.6 Å². The zero-order valence-corrected chi connectivity index (χ0v) is 17.2. The molecule has 0 saturated heterocycles. The molecule has 2 aliphatic rings. The second kappa shape index (κ2) is 16.2. The number of aliphatic hydroxyl groups excluding tert-OH is 1. The van der Waals surface area contributed by atoms with E-state index in [1.54, 1.807) is 0 Å². The largest absolute Gasteiger partial charge is 0.400 e. The van der Waals surface area contributed by atoms with Gasteiger partial charge in [0.2, 0.25) is 5.91 Å². The number of nitrogens with two attached hydrogens (primary N) is 1. The second-order valence-corrected chi connectivity index (χ2v) is 7.59. The van der Waals surface area contributed by atoms with Crippen molar-refractivity contribution in [3.8, 4) is 0 Å². The van der Waals surface area contributed by atoms with E-state index >= 15 is 0 Å². The van der Waals surface area contributed by atoms with Crippen molar-refractivity contribution in [3.05, 3.63) is 0 Å². The summed E-state index contributed by atoms with van der Waals surface area (Å²) in [7, 11) is 1.00. The van der Waals surface area contributed by atoms with Crippen LogP contribution in [0.2, 0.25) is 0 Å². The predicted octanol–water partition coefficient (Wildman–Crippen LogP) is 4.25. The fourth-order valence-electron chi connectivity index (χ4n) is 3.59. The van der Waals surface area contributed by atoms with Gasteiger partial charge in [0, 0.05) is 33.4 Å². The molecule has 2 fully saturated rings. The second-order valence-electron chi connectivity index (χ2n) is 7.59. The predicted molar refractivity (Wildman–Crippen MR) is 108 cm³/mol. The summed E-state index contributed by atoms with van der Waals surface area (Å²) in [5, 5.41) is 7.00. The first kappa shape index (κ1) is 25.1. The van der Waals surface area contributed by atoms with Crippen LogP contribution < -0.4 is 5.73 Å². The molecule has 156 valence electrons. The van der Waals surface area contributed by atoms with Gasteiger partial charge in [0.05, 0.1) is 6.10 Å². The number of primary amides is 1. The van der Waals surface area contributed by atoms with Crippen molar-refractivity contribution in [3.63, 3.8) is 0 Å². The molecule has 0 aliphatic heterocycles. The van der Waals surface area contributed by atoms with Crippen LogP contribution in [-0.4, -0.2) is 36.6 Å². The van der Waals surface area contributed by atoms with Crippen LogP contribution in [0, 0.1) is 11.8 Å². The molecule has 0 aromatic heterocycles. The monoisotopic (exact) mass is 373 g/mol. The molecule has 0 heterocycles. The Morgan fingerprint density at radius 2 is 1.50 bits per heavy atom. The number of Topliss-reactive ketones (excluding diaryl/α,β-unsaturated/α-hetero) is 1. The molecule has 0 aromatic carbocycles. The van der Waals surface area contributed by atoms with E-state index in [2.05, 4.69) is 0 Å². The number of aliphatic hydroxyl groups is 1. The lowest BCUT2D eigenvalue weighted by atomic mass is 9.83. The van der Waals surface area contributed by atoms with Crippen LogP contribution in [0.25, 0.3) is 0 Å². The molecule has 0 bridgehead atoms. The van der Waals surface area contributed by atoms with Gasteiger partial charge in [-0.25, -0.2) is 0 Å². The Morgan fingerprint density at radius 1 is 1.00 bits per heavy atom. The number of ketones is 1. The van der Waals surface area contributed by atoms with Crippen molar-refractivity contribution >= 4 is 11.7 Å². The van der Waals surface area contributed by atoms with Gasteiger partial charge in [-0.05, 0) is 32.1 Å². The summed E-state index contributed by atoms with van der Waals surface area (Å²) in [6.07, 6.45) is 14.2. The number of rotatable bonds is 7. The summed E-state index contributed by atoms with van der Waals surface area (Å²) in [6, 6.07) is 0. The van der Waals surface area contributed by atoms with Gasteiger partial charge in [0.15, 0.2) is 0 Å². The highest BCUT2D eigenvalue weighted by molar-refractivity contribution is 5.82. The Balaban J connectivity index is 0. The zero-order valence-electron chi connectivity index (χ0n) is 17.2. The summed E-state index contributed by atoms with van der Waals surface area (Å²) < 4.78 is 5.63. The van der Waals surface area contributed by atoms with Crippen molar-refractivity contribution in [1.82, 2.24) is 0 Å². The smallest absolute Gasteiger partial charge is 0.217 e. The minimum Gasteiger partial charge on any atom is -0.400 e. The Hall–Kier alpha value is -0.940. The van der Waals surface area contributed by atoms with Crippen molar-refractivity contribution in [2.24, 2.45) is 17.6 Å². The Kier molecular flexibility index (Phi) is 15.7. The van der Waals surface area contributed by atoms with Crippen LogP contribution in [0.5, 0.6) is 0 Å². The van der Waals surface area contributed by atoms with Crippen LogP contribution >= 0.6 is 0 Å². The van der Waals surface area contributed by atoms with E-state index in [0.29, 0.717) is 30.8 Å². The number of amides is 1. The SMILES string of the molecule is CC(C)C(=O)C1CCCCC1.CO.NC(=O)CCCOC1CCCCC1.[HH]. The summed E-state index contributed by atoms with van der Waals surface area (Å²) in [6.45, 7) is 4.71. The van der Waals surface area contributed by atoms with Crippen LogP contribution in [0.4, 0.5) is 0 Å². The Bertz CT molecular complexity index is 365. The first-order valence-electron chi connectivity index (χ1n) is 10.4. The number of carbonyl (C=O) groups excluding carboxylic acids is 2. The first-order chi connectivity index (χ1) is 12.5. The molecule has 0 spiro atoms. The fourth-order valence-corrected chi connectivity index (χ4v) is 3.59. The molecule has 0 unspecified atom stereocenters. The molecule has 0 radical (unpaired) electrons. The van der Waals surface area contributed by atoms with E-state index in [-0.39, 0.29) is 13.3 Å². The topological polar surface area (TPSA) is 89.6 Å². The molecule has 5 nitrogen and oxygen atoms in total. The lowest BCUT2D eigenvalue weighted by molar-refractivity contribution is -0.126. The highest BCUT2D eigenvalue weighted by Gasteiger charge is 2.22. The quantitative estimate of drug-likeness (QED) is 0.653. The maximum atomic E-state index is 11.5. The number of ether oxygens (including phenoxy) is 1. The molecule has 2 rings (SSSR count). The van der Waals surface area contributed by atoms with Gasteiger partial charge in [-0.15, -0.1) is 0 Å². The first-order valence-corrected chi connectivity index (χ1v) is 10.4. The summed E-state index contributed by atoms with van der Waals surface area (Å²) >= 11 is 0. The molecule has 3 N–H and O–H groups in total. The van der Waals surface area contributed by atoms with Crippen molar-refractivity contribution < 1.29 is 20.9 Å². The van der Waals surface area contributed by atoms with E-state index in [1.807, 2.05) is 13.8 Å². The molecule has 1 amide bonds. The normalized spacial score (nSPS) is 18.3. The maximum absolute atomic E-state index is 11.5. The summed E-state index contributed by atoms with van der Waals surface area (Å²) in [5.74, 6) is 0.916. The summed E-state index contributed by atoms with van der Waals surface area (Å²) in [5.41, 5.74) is 5.02. The Labute approximate surface area is 161 Å². The number of hydrogen-bond donors (Lipinski definition) is 2. The standard InChI is InChI=1S/C10H19NO2.C10H18O.CH4O.H2/c11-10(12)7-4-8-13-9-5-2-1-3-6-9;1-8(2)10(11)9-6-4-3-5-7-9;1-2;/h9H,1-8H2,(H2,11,12);8-9H,3-7H2,1-2H3;2H,1H3;1H. The third kappa shape index (κ3) is 12.4. The highest BCUT2D eigenvalue weighted by Crippen LogP contribution is 2.26. The zero-order chi connectivity index (χ0) is 19.8. The van der Waals surface area contributed by atoms with E-state index in [0.717, 1.165) is 26.4 Å². The lowest BCUT2D eigenvalue weighted by Gasteiger charge is -2.21. The lowest BCUT2D eigenvalue weighted by Crippen LogP contribution is -2.21. The molecular weight excluding hydrogens is 330 g/mol. The van der Waals surface area contributed by atoms with Gasteiger partial charge in [-0.2, -0.15) is 0 Å². The van der Waals surface area contributed by atoms with Gasteiger partial charge in [0.25, 0.3) is 0 Å². The van der Waals surface area contributed by atoms with E-state index < -0.39 is 0 Å². The average molecular weight is 374 g/mol. The molecule has 2 aliphatic carbocycles. The minimum absolute atomic E-state index is 0. The molecule has 0 atom stereocenters. The number of carbonyl (C=O) groups is 2. The Morgan fingerprint density at radius 3 is 1.96 bits per heavy atom. The van der Waals surface area contributed by atoms with Gasteiger partial charge < -0.3 is 15.6 Å². The number of hydrogen-bond acceptors (Lipinski definition) is 4. The van der Waals surface area contributed by atoms with Crippen LogP contribution in [0.3, 0.4) is 0 Å². The van der Waals surface area contributed by atoms with Gasteiger partial charge in [-0.3, -0.25) is 9.59 Å². The van der Waals surface area contributed by atoms with Crippen molar-refractivity contribution in [2.45, 2.75) is 97.0 Å². The van der Waals surface area contributed by atoms with Gasteiger partial charge in [0.1, 0.15) is 5.78 Å². The molecule has 5 heteroatoms. The van der Waals surface area contributed by atoms with Crippen LogP contribution in [-0.2, 0) is 14.3 Å². The molecule has 26 heavy (non-hydrogen) atoms. The highest BCUT2D eigenvalue weighted by atomic mass is 16.5. The third-order valence-corrected chi connectivity index (χ3v) is 5.05. The van der Waals surface area contributed by atoms with Gasteiger partial charge >= 0.3 is 0 Å². The average Bonchev–Trinajstić information content (AvgIpc) is 2.68. The van der Waals surface area contributed by atoms with Crippen LogP contribution in [0.15, 0.2) is 0 Å². The van der Waals surface area contributed by atoms with Crippen LogP contribution in [0.1, 0.15) is 92.3 Å². The van der Waals surface area contributed by atoms with E-state index in [1.165, 1.54) is 51.4 Å². The fraction of sp³-hybridized carbons (Fsp3) is 0.905. The maximum Gasteiger partial charge on any atom is 0.217 e. The minimum atomic E-state index is -0.229. The van der Waals surface area contributed by atoms with E-state index in [9.17, 15) is 9.59 Å². The van der Waals surface area contributed by atoms with Crippen molar-refractivity contribution in [1.29, 1.82) is 0 Å². The molecule has 0 aromatic rings. The molecule has 2 saturated carbocycles. The van der Waals surface area contributed by atoms with Gasteiger partial charge in [-0.1, -0.05) is 52.4 Å². The summed E-state index contributed by atoms with van der Waals surface area (Å²) in [4.78, 5) is 21.9. The van der Waals surface area contributed by atoms with Crippen molar-refractivity contribution in [2.75, 3.05) is 13.7 Å². The third-order valence-electron chi connectivity index (χ3n) is 5.05.